The zero-order chi connectivity index (χ0) is 14.6. The Labute approximate surface area is 133 Å². The summed E-state index contributed by atoms with van der Waals surface area (Å²) in [5.74, 6) is 0.625. The van der Waals surface area contributed by atoms with Crippen LogP contribution in [-0.2, 0) is 4.74 Å². The lowest BCUT2D eigenvalue weighted by Gasteiger charge is -2.28. The molecule has 1 aromatic carbocycles. The van der Waals surface area contributed by atoms with E-state index in [2.05, 4.69) is 26.3 Å². The van der Waals surface area contributed by atoms with Gasteiger partial charge in [-0.25, -0.2) is 9.98 Å². The van der Waals surface area contributed by atoms with Crippen LogP contribution in [0.25, 0.3) is 10.2 Å². The van der Waals surface area contributed by atoms with Crippen LogP contribution >= 0.6 is 11.3 Å². The van der Waals surface area contributed by atoms with Crippen LogP contribution in [0.2, 0.25) is 0 Å². The zero-order valence-electron chi connectivity index (χ0n) is 12.3. The van der Waals surface area contributed by atoms with Gasteiger partial charge in [0.05, 0.1) is 16.8 Å². The third kappa shape index (κ3) is 1.94. The van der Waals surface area contributed by atoms with E-state index in [1.54, 1.807) is 11.3 Å². The molecular formula is C16H18N4OS. The number of benzene rings is 1. The molecule has 3 atom stereocenters. The van der Waals surface area contributed by atoms with Gasteiger partial charge in [-0.05, 0) is 31.5 Å². The average molecular weight is 314 g/mol. The molecule has 1 spiro atoms. The number of piperidine rings is 1. The molecule has 2 aromatic rings. The Bertz CT molecular complexity index is 724. The molecule has 0 amide bonds. The molecule has 3 aliphatic rings. The highest BCUT2D eigenvalue weighted by atomic mass is 32.1. The molecule has 1 N–H and O–H groups in total. The van der Waals surface area contributed by atoms with E-state index in [0.29, 0.717) is 11.9 Å². The van der Waals surface area contributed by atoms with Crippen molar-refractivity contribution in [1.82, 2.24) is 9.88 Å². The fourth-order valence-corrected chi connectivity index (χ4v) is 4.83. The molecule has 3 aliphatic heterocycles. The van der Waals surface area contributed by atoms with Gasteiger partial charge in [0.2, 0.25) is 0 Å². The number of amidine groups is 1. The maximum absolute atomic E-state index is 6.29. The fraction of sp³-hybridized carbons (Fsp3) is 0.500. The molecule has 2 saturated heterocycles. The Morgan fingerprint density at radius 1 is 1.36 bits per heavy atom. The van der Waals surface area contributed by atoms with Gasteiger partial charge in [-0.2, -0.15) is 0 Å². The lowest BCUT2D eigenvalue weighted by atomic mass is 9.87. The molecule has 114 valence electrons. The lowest BCUT2D eigenvalue weighted by molar-refractivity contribution is 0.0588. The summed E-state index contributed by atoms with van der Waals surface area (Å²) in [5, 5.41) is 4.14. The second-order valence-electron chi connectivity index (χ2n) is 6.47. The predicted octanol–water partition coefficient (Wildman–Crippen LogP) is 2.56. The maximum atomic E-state index is 6.29. The summed E-state index contributed by atoms with van der Waals surface area (Å²) in [6, 6.07) is 8.81. The van der Waals surface area contributed by atoms with Crippen LogP contribution in [0.3, 0.4) is 0 Å². The van der Waals surface area contributed by atoms with Crippen LogP contribution in [0, 0.1) is 5.92 Å². The Hall–Kier alpha value is -1.66. The van der Waals surface area contributed by atoms with Crippen molar-refractivity contribution in [2.24, 2.45) is 10.9 Å². The highest BCUT2D eigenvalue weighted by Gasteiger charge is 2.53. The van der Waals surface area contributed by atoms with E-state index in [4.69, 9.17) is 4.74 Å². The first-order valence-corrected chi connectivity index (χ1v) is 8.71. The smallest absolute Gasteiger partial charge is 0.291 e. The Morgan fingerprint density at radius 3 is 3.23 bits per heavy atom. The topological polar surface area (TPSA) is 49.8 Å². The standard InChI is InChI=1S/C16H18N4OS/c1-2-6-13-12(5-1)18-15(22-13)19-14-17-9-16(21-14)10-20-7-3-4-11(16)8-20/h1-2,5-6,11H,3-4,7-10H2,(H,17,18,19)/t11-,16+/m0/s1. The van der Waals surface area contributed by atoms with Crippen molar-refractivity contribution in [2.75, 3.05) is 31.5 Å². The average Bonchev–Trinajstić information content (AvgIpc) is 3.17. The normalized spacial score (nSPS) is 33.2. The zero-order valence-corrected chi connectivity index (χ0v) is 13.1. The second kappa shape index (κ2) is 4.67. The maximum Gasteiger partial charge on any atom is 0.291 e. The van der Waals surface area contributed by atoms with E-state index >= 15 is 0 Å². The molecule has 2 bridgehead atoms. The summed E-state index contributed by atoms with van der Waals surface area (Å²) in [4.78, 5) is 11.7. The van der Waals surface area contributed by atoms with Crippen molar-refractivity contribution in [3.05, 3.63) is 24.3 Å². The first-order chi connectivity index (χ1) is 10.8. The van der Waals surface area contributed by atoms with Crippen molar-refractivity contribution in [3.8, 4) is 0 Å². The molecular weight excluding hydrogens is 296 g/mol. The number of fused-ring (bicyclic) bond motifs is 4. The third-order valence-electron chi connectivity index (χ3n) is 5.04. The number of aliphatic imine (C=N–C) groups is 1. The van der Waals surface area contributed by atoms with Crippen molar-refractivity contribution < 1.29 is 4.74 Å². The van der Waals surface area contributed by atoms with E-state index in [0.717, 1.165) is 23.7 Å². The van der Waals surface area contributed by atoms with Gasteiger partial charge in [-0.3, -0.25) is 10.2 Å². The number of ether oxygens (including phenoxy) is 1. The van der Waals surface area contributed by atoms with Crippen LogP contribution < -0.4 is 5.32 Å². The Balaban J connectivity index is 1.35. The van der Waals surface area contributed by atoms with E-state index in [-0.39, 0.29) is 5.60 Å². The van der Waals surface area contributed by atoms with Gasteiger partial charge in [0.1, 0.15) is 5.60 Å². The predicted molar refractivity (Wildman–Crippen MR) is 88.5 cm³/mol. The molecule has 4 heterocycles. The number of thiazole rings is 1. The number of nitrogens with one attached hydrogen (secondary N) is 1. The second-order valence-corrected chi connectivity index (χ2v) is 7.50. The number of rotatable bonds is 1. The van der Waals surface area contributed by atoms with Crippen molar-refractivity contribution >= 4 is 32.7 Å². The molecule has 5 nitrogen and oxygen atoms in total. The van der Waals surface area contributed by atoms with Crippen LogP contribution in [0.1, 0.15) is 12.8 Å². The molecule has 1 aromatic heterocycles. The van der Waals surface area contributed by atoms with Gasteiger partial charge >= 0.3 is 0 Å². The molecule has 2 fully saturated rings. The van der Waals surface area contributed by atoms with Crippen LogP contribution in [0.5, 0.6) is 0 Å². The monoisotopic (exact) mass is 314 g/mol. The molecule has 22 heavy (non-hydrogen) atoms. The van der Waals surface area contributed by atoms with E-state index in [9.17, 15) is 0 Å². The number of aromatic nitrogens is 1. The quantitative estimate of drug-likeness (QED) is 0.879. The number of hydrogen-bond acceptors (Lipinski definition) is 6. The number of para-hydroxylation sites is 1. The molecule has 0 radical (unpaired) electrons. The van der Waals surface area contributed by atoms with Crippen LogP contribution in [0.4, 0.5) is 5.13 Å². The SMILES string of the molecule is c1ccc2sc(NC3=NC[C@]4(CN5CCC[C@H]4C5)O3)nc2c1. The van der Waals surface area contributed by atoms with Crippen molar-refractivity contribution in [2.45, 2.75) is 18.4 Å². The van der Waals surface area contributed by atoms with Gasteiger partial charge in [0.25, 0.3) is 6.02 Å². The summed E-state index contributed by atoms with van der Waals surface area (Å²) < 4.78 is 7.47. The summed E-state index contributed by atoms with van der Waals surface area (Å²) in [6.07, 6.45) is 2.55. The molecule has 6 heteroatoms. The van der Waals surface area contributed by atoms with Crippen molar-refractivity contribution in [3.63, 3.8) is 0 Å². The lowest BCUT2D eigenvalue weighted by Crippen LogP contribution is -2.41. The minimum atomic E-state index is -0.0878. The molecule has 5 rings (SSSR count). The summed E-state index contributed by atoms with van der Waals surface area (Å²) in [6.45, 7) is 4.18. The van der Waals surface area contributed by atoms with Gasteiger partial charge < -0.3 is 4.74 Å². The first-order valence-electron chi connectivity index (χ1n) is 7.89. The first kappa shape index (κ1) is 12.8. The summed E-state index contributed by atoms with van der Waals surface area (Å²) in [5.41, 5.74) is 0.932. The highest BCUT2D eigenvalue weighted by Crippen LogP contribution is 2.40. The number of hydrogen-bond donors (Lipinski definition) is 1. The fourth-order valence-electron chi connectivity index (χ4n) is 3.98. The van der Waals surface area contributed by atoms with Gasteiger partial charge in [0, 0.05) is 19.0 Å². The van der Waals surface area contributed by atoms with E-state index in [1.807, 2.05) is 18.2 Å². The summed E-state index contributed by atoms with van der Waals surface area (Å²) >= 11 is 1.64. The Kier molecular flexibility index (Phi) is 2.72. The Morgan fingerprint density at radius 2 is 2.32 bits per heavy atom. The highest BCUT2D eigenvalue weighted by molar-refractivity contribution is 7.22. The van der Waals surface area contributed by atoms with Gasteiger partial charge in [-0.1, -0.05) is 23.5 Å². The van der Waals surface area contributed by atoms with Crippen LogP contribution in [-0.4, -0.2) is 47.7 Å². The number of anilines is 1. The molecule has 0 saturated carbocycles. The molecule has 1 unspecified atom stereocenters. The minimum absolute atomic E-state index is 0.0878. The van der Waals surface area contributed by atoms with Gasteiger partial charge in [0.15, 0.2) is 5.13 Å². The van der Waals surface area contributed by atoms with Crippen molar-refractivity contribution in [1.29, 1.82) is 0 Å². The molecule has 0 aliphatic carbocycles. The van der Waals surface area contributed by atoms with Gasteiger partial charge in [-0.15, -0.1) is 0 Å². The van der Waals surface area contributed by atoms with E-state index in [1.165, 1.54) is 30.6 Å². The summed E-state index contributed by atoms with van der Waals surface area (Å²) in [7, 11) is 0. The van der Waals surface area contributed by atoms with Crippen LogP contribution in [0.15, 0.2) is 29.3 Å². The third-order valence-corrected chi connectivity index (χ3v) is 5.99. The van der Waals surface area contributed by atoms with E-state index < -0.39 is 0 Å². The minimum Gasteiger partial charge on any atom is -0.455 e. The largest absolute Gasteiger partial charge is 0.455 e. The number of nitrogens with zero attached hydrogens (tertiary/aromatic N) is 3.